The SMILES string of the molecule is CN(C)c1cc(=O)c2cc(Cl)ccc2[nH]1. The van der Waals surface area contributed by atoms with Crippen LogP contribution in [0.15, 0.2) is 29.1 Å². The molecule has 0 saturated heterocycles. The molecule has 2 rings (SSSR count). The number of H-pyrrole nitrogens is 1. The third-order valence-corrected chi connectivity index (χ3v) is 2.49. The number of fused-ring (bicyclic) bond motifs is 1. The second-order valence-corrected chi connectivity index (χ2v) is 4.04. The van der Waals surface area contributed by atoms with E-state index in [1.807, 2.05) is 25.1 Å². The average molecular weight is 223 g/mol. The van der Waals surface area contributed by atoms with Crippen LogP contribution in [0.3, 0.4) is 0 Å². The van der Waals surface area contributed by atoms with Crippen LogP contribution < -0.4 is 10.3 Å². The number of halogens is 1. The van der Waals surface area contributed by atoms with E-state index in [-0.39, 0.29) is 5.43 Å². The molecular formula is C11H11ClN2O. The third-order valence-electron chi connectivity index (χ3n) is 2.26. The van der Waals surface area contributed by atoms with Crippen molar-refractivity contribution in [1.82, 2.24) is 4.98 Å². The Labute approximate surface area is 92.3 Å². The zero-order chi connectivity index (χ0) is 11.0. The molecule has 4 heteroatoms. The van der Waals surface area contributed by atoms with E-state index in [4.69, 9.17) is 11.6 Å². The highest BCUT2D eigenvalue weighted by atomic mass is 35.5. The molecule has 0 aliphatic heterocycles. The number of aromatic nitrogens is 1. The first-order valence-electron chi connectivity index (χ1n) is 4.58. The van der Waals surface area contributed by atoms with Gasteiger partial charge in [0.15, 0.2) is 5.43 Å². The van der Waals surface area contributed by atoms with Crippen molar-refractivity contribution < 1.29 is 0 Å². The fraction of sp³-hybridized carbons (Fsp3) is 0.182. The molecule has 2 aromatic rings. The summed E-state index contributed by atoms with van der Waals surface area (Å²) in [7, 11) is 3.76. The maximum Gasteiger partial charge on any atom is 0.191 e. The van der Waals surface area contributed by atoms with Crippen molar-refractivity contribution >= 4 is 28.3 Å². The first kappa shape index (κ1) is 10.1. The fourth-order valence-corrected chi connectivity index (χ4v) is 1.62. The van der Waals surface area contributed by atoms with Crippen LogP contribution in [0.25, 0.3) is 10.9 Å². The van der Waals surface area contributed by atoms with Gasteiger partial charge in [0.05, 0.1) is 5.52 Å². The van der Waals surface area contributed by atoms with E-state index in [1.165, 1.54) is 0 Å². The van der Waals surface area contributed by atoms with E-state index >= 15 is 0 Å². The highest BCUT2D eigenvalue weighted by Crippen LogP contribution is 2.17. The smallest absolute Gasteiger partial charge is 0.191 e. The first-order chi connectivity index (χ1) is 7.08. The second kappa shape index (κ2) is 3.59. The Balaban J connectivity index is 2.79. The van der Waals surface area contributed by atoms with E-state index in [1.54, 1.807) is 18.2 Å². The minimum absolute atomic E-state index is 0.0186. The van der Waals surface area contributed by atoms with Gasteiger partial charge in [-0.25, -0.2) is 0 Å². The predicted octanol–water partition coefficient (Wildman–Crippen LogP) is 2.25. The number of benzene rings is 1. The normalized spacial score (nSPS) is 10.6. The lowest BCUT2D eigenvalue weighted by Gasteiger charge is -2.12. The predicted molar refractivity (Wildman–Crippen MR) is 63.9 cm³/mol. The zero-order valence-electron chi connectivity index (χ0n) is 8.54. The van der Waals surface area contributed by atoms with Gasteiger partial charge in [-0.05, 0) is 18.2 Å². The molecule has 0 spiro atoms. The van der Waals surface area contributed by atoms with E-state index in [0.717, 1.165) is 11.3 Å². The van der Waals surface area contributed by atoms with Crippen molar-refractivity contribution in [2.75, 3.05) is 19.0 Å². The lowest BCUT2D eigenvalue weighted by molar-refractivity contribution is 1.08. The summed E-state index contributed by atoms with van der Waals surface area (Å²) in [6, 6.07) is 6.82. The standard InChI is InChI=1S/C11H11ClN2O/c1-14(2)11-6-10(15)8-5-7(12)3-4-9(8)13-11/h3-6H,1-2H3,(H,13,15). The molecule has 0 aliphatic rings. The summed E-state index contributed by atoms with van der Waals surface area (Å²) in [5, 5.41) is 1.19. The summed E-state index contributed by atoms with van der Waals surface area (Å²) in [6.45, 7) is 0. The van der Waals surface area contributed by atoms with Crippen molar-refractivity contribution in [3.05, 3.63) is 39.5 Å². The van der Waals surface area contributed by atoms with Crippen molar-refractivity contribution in [2.24, 2.45) is 0 Å². The van der Waals surface area contributed by atoms with Crippen molar-refractivity contribution in [2.45, 2.75) is 0 Å². The summed E-state index contributed by atoms with van der Waals surface area (Å²) in [5.74, 6) is 0.787. The average Bonchev–Trinajstić information content (AvgIpc) is 2.18. The molecule has 3 nitrogen and oxygen atoms in total. The third kappa shape index (κ3) is 1.83. The summed E-state index contributed by atoms with van der Waals surface area (Å²) >= 11 is 5.83. The Morgan fingerprint density at radius 1 is 1.27 bits per heavy atom. The van der Waals surface area contributed by atoms with Crippen LogP contribution >= 0.6 is 11.6 Å². The fourth-order valence-electron chi connectivity index (χ4n) is 1.45. The van der Waals surface area contributed by atoms with Gasteiger partial charge in [-0.1, -0.05) is 11.6 Å². The number of hydrogen-bond donors (Lipinski definition) is 1. The van der Waals surface area contributed by atoms with Gasteiger partial charge in [0, 0.05) is 30.6 Å². The highest BCUT2D eigenvalue weighted by molar-refractivity contribution is 6.31. The molecule has 0 unspecified atom stereocenters. The van der Waals surface area contributed by atoms with Crippen LogP contribution in [-0.4, -0.2) is 19.1 Å². The number of pyridine rings is 1. The van der Waals surface area contributed by atoms with Gasteiger partial charge in [-0.2, -0.15) is 0 Å². The van der Waals surface area contributed by atoms with Gasteiger partial charge in [0.25, 0.3) is 0 Å². The molecule has 1 aromatic carbocycles. The summed E-state index contributed by atoms with van der Waals surface area (Å²) < 4.78 is 0. The van der Waals surface area contributed by atoms with Crippen molar-refractivity contribution in [1.29, 1.82) is 0 Å². The molecule has 1 heterocycles. The molecule has 1 aromatic heterocycles. The van der Waals surface area contributed by atoms with Crippen LogP contribution in [0, 0.1) is 0 Å². The lowest BCUT2D eigenvalue weighted by atomic mass is 10.2. The number of nitrogens with one attached hydrogen (secondary N) is 1. The number of nitrogens with zero attached hydrogens (tertiary/aromatic N) is 1. The topological polar surface area (TPSA) is 36.1 Å². The van der Waals surface area contributed by atoms with E-state index in [2.05, 4.69) is 4.98 Å². The van der Waals surface area contributed by atoms with Gasteiger partial charge < -0.3 is 9.88 Å². The van der Waals surface area contributed by atoms with Crippen molar-refractivity contribution in [3.8, 4) is 0 Å². The number of anilines is 1. The Morgan fingerprint density at radius 3 is 2.67 bits per heavy atom. The molecule has 0 aliphatic carbocycles. The molecule has 0 saturated carbocycles. The van der Waals surface area contributed by atoms with Gasteiger partial charge in [-0.15, -0.1) is 0 Å². The maximum absolute atomic E-state index is 11.8. The second-order valence-electron chi connectivity index (χ2n) is 3.60. The minimum Gasteiger partial charge on any atom is -0.364 e. The van der Waals surface area contributed by atoms with Crippen LogP contribution in [0.1, 0.15) is 0 Å². The number of aromatic amines is 1. The zero-order valence-corrected chi connectivity index (χ0v) is 9.30. The molecule has 1 N–H and O–H groups in total. The molecule has 15 heavy (non-hydrogen) atoms. The van der Waals surface area contributed by atoms with Crippen LogP contribution in [0.2, 0.25) is 5.02 Å². The Bertz CT molecular complexity index is 560. The Hall–Kier alpha value is -1.48. The monoisotopic (exact) mass is 222 g/mol. The van der Waals surface area contributed by atoms with Gasteiger partial charge in [0.1, 0.15) is 5.82 Å². The van der Waals surface area contributed by atoms with Crippen LogP contribution in [-0.2, 0) is 0 Å². The van der Waals surface area contributed by atoms with E-state index in [9.17, 15) is 4.79 Å². The Kier molecular flexibility index (Phi) is 2.40. The molecule has 0 amide bonds. The van der Waals surface area contributed by atoms with Crippen LogP contribution in [0.5, 0.6) is 0 Å². The quantitative estimate of drug-likeness (QED) is 0.804. The molecule has 0 radical (unpaired) electrons. The highest BCUT2D eigenvalue weighted by Gasteiger charge is 2.03. The van der Waals surface area contributed by atoms with E-state index in [0.29, 0.717) is 10.4 Å². The van der Waals surface area contributed by atoms with Crippen LogP contribution in [0.4, 0.5) is 5.82 Å². The van der Waals surface area contributed by atoms with Crippen molar-refractivity contribution in [3.63, 3.8) is 0 Å². The largest absolute Gasteiger partial charge is 0.364 e. The molecule has 0 bridgehead atoms. The number of hydrogen-bond acceptors (Lipinski definition) is 2. The molecule has 0 atom stereocenters. The maximum atomic E-state index is 11.8. The van der Waals surface area contributed by atoms with E-state index < -0.39 is 0 Å². The number of rotatable bonds is 1. The Morgan fingerprint density at radius 2 is 2.00 bits per heavy atom. The lowest BCUT2D eigenvalue weighted by Crippen LogP contribution is -2.14. The van der Waals surface area contributed by atoms with Gasteiger partial charge in [-0.3, -0.25) is 4.79 Å². The van der Waals surface area contributed by atoms with Gasteiger partial charge >= 0.3 is 0 Å². The summed E-state index contributed by atoms with van der Waals surface area (Å²) in [5.41, 5.74) is 0.783. The van der Waals surface area contributed by atoms with Gasteiger partial charge in [0.2, 0.25) is 0 Å². The summed E-state index contributed by atoms with van der Waals surface area (Å²) in [4.78, 5) is 16.8. The molecule has 78 valence electrons. The minimum atomic E-state index is -0.0186. The summed E-state index contributed by atoms with van der Waals surface area (Å²) in [6.07, 6.45) is 0. The first-order valence-corrected chi connectivity index (χ1v) is 4.95. The molecular weight excluding hydrogens is 212 g/mol. The molecule has 0 fully saturated rings.